The van der Waals surface area contributed by atoms with Gasteiger partial charge in [0.15, 0.2) is 0 Å². The molecule has 0 aliphatic rings. The molecule has 0 amide bonds. The zero-order valence-corrected chi connectivity index (χ0v) is 25.2. The molecule has 0 aromatic carbocycles. The molecule has 0 bridgehead atoms. The van der Waals surface area contributed by atoms with Crippen molar-refractivity contribution in [1.82, 2.24) is 9.97 Å². The summed E-state index contributed by atoms with van der Waals surface area (Å²) < 4.78 is 20.9. The van der Waals surface area contributed by atoms with Gasteiger partial charge >= 0.3 is 11.9 Å². The highest BCUT2D eigenvalue weighted by atomic mass is 128. The number of nitrogens with two attached hydrogens (primary N) is 2. The number of hydrogen-bond acceptors (Lipinski definition) is 10. The van der Waals surface area contributed by atoms with Crippen LogP contribution >= 0.6 is 59.8 Å². The van der Waals surface area contributed by atoms with Crippen LogP contribution in [0.25, 0.3) is 0 Å². The average molecular weight is 800 g/mol. The van der Waals surface area contributed by atoms with E-state index in [-0.39, 0.29) is 11.8 Å². The van der Waals surface area contributed by atoms with Crippen molar-refractivity contribution >= 4 is 83.4 Å². The summed E-state index contributed by atoms with van der Waals surface area (Å²) in [7, 11) is 0. The van der Waals surface area contributed by atoms with Gasteiger partial charge in [-0.15, -0.1) is 0 Å². The van der Waals surface area contributed by atoms with Crippen molar-refractivity contribution in [3.63, 3.8) is 0 Å². The van der Waals surface area contributed by atoms with Crippen LogP contribution in [0.5, 0.6) is 11.8 Å². The molecule has 2 aromatic heterocycles. The van der Waals surface area contributed by atoms with Gasteiger partial charge in [-0.2, -0.15) is 9.97 Å². The predicted molar refractivity (Wildman–Crippen MR) is 152 cm³/mol. The molecule has 2 heterocycles. The first kappa shape index (κ1) is 31.6. The Morgan fingerprint density at radius 2 is 1.30 bits per heavy atom. The zero-order valence-electron chi connectivity index (χ0n) is 18.7. The molecule has 0 saturated heterocycles. The van der Waals surface area contributed by atoms with Crippen LogP contribution in [0.4, 0.5) is 11.6 Å². The van der Waals surface area contributed by atoms with E-state index in [1.165, 1.54) is 6.07 Å². The Hall–Kier alpha value is -1.37. The normalized spacial score (nSPS) is 9.42. The topological polar surface area (TPSA) is 149 Å². The lowest BCUT2D eigenvalue weighted by molar-refractivity contribution is 0.0511. The van der Waals surface area contributed by atoms with Crippen molar-refractivity contribution in [2.45, 2.75) is 27.7 Å². The van der Waals surface area contributed by atoms with Gasteiger partial charge in [0.25, 0.3) is 0 Å². The Bertz CT molecular complexity index is 902. The quantitative estimate of drug-likeness (QED) is 0.281. The Morgan fingerprint density at radius 1 is 0.818 bits per heavy atom. The van der Waals surface area contributed by atoms with E-state index in [1.807, 2.05) is 29.5 Å². The highest BCUT2D eigenvalue weighted by molar-refractivity contribution is 15.0. The number of carbonyl (C=O) groups excluding carboxylic acids is 2. The number of rotatable bonds is 8. The minimum atomic E-state index is -0.451. The van der Waals surface area contributed by atoms with Gasteiger partial charge in [0.2, 0.25) is 11.8 Å². The molecular weight excluding hydrogens is 773 g/mol. The lowest BCUT2D eigenvalue weighted by Crippen LogP contribution is -2.11. The van der Waals surface area contributed by atoms with Gasteiger partial charge in [-0.1, -0.05) is 0 Å². The Labute approximate surface area is 230 Å². The number of esters is 2. The smallest absolute Gasteiger partial charge is 0.343 e. The Kier molecular flexibility index (Phi) is 17.3. The summed E-state index contributed by atoms with van der Waals surface area (Å²) in [5.41, 5.74) is 11.7. The predicted octanol–water partition coefficient (Wildman–Crippen LogP) is 4.85. The SMILES string of the molecule is CCOC(=O)c1cc(I)c(N)nc1OCC.CCOC(=O)c1ccc(N)nc1OCC.II. The summed E-state index contributed by atoms with van der Waals surface area (Å²) in [6.07, 6.45) is 0. The van der Waals surface area contributed by atoms with Crippen molar-refractivity contribution in [2.75, 3.05) is 37.9 Å². The molecule has 0 aliphatic heterocycles. The number of nitrogen functional groups attached to an aromatic ring is 2. The Morgan fingerprint density at radius 3 is 1.79 bits per heavy atom. The molecule has 2 rings (SSSR count). The molecule has 0 atom stereocenters. The summed E-state index contributed by atoms with van der Waals surface area (Å²) in [6, 6.07) is 4.70. The molecule has 10 nitrogen and oxygen atoms in total. The second-order valence-electron chi connectivity index (χ2n) is 5.60. The minimum absolute atomic E-state index is 0.218. The summed E-state index contributed by atoms with van der Waals surface area (Å²) in [6.45, 7) is 8.56. The molecular formula is C20H27I3N4O6. The number of hydrogen-bond donors (Lipinski definition) is 2. The van der Waals surface area contributed by atoms with Gasteiger partial charge in [-0.25, -0.2) is 9.59 Å². The number of ether oxygens (including phenoxy) is 4. The second kappa shape index (κ2) is 18.0. The third-order valence-corrected chi connectivity index (χ3v) is 4.27. The maximum atomic E-state index is 11.6. The fraction of sp³-hybridized carbons (Fsp3) is 0.400. The highest BCUT2D eigenvalue weighted by Gasteiger charge is 2.18. The van der Waals surface area contributed by atoms with E-state index >= 15 is 0 Å². The fourth-order valence-corrected chi connectivity index (χ4v) is 2.58. The lowest BCUT2D eigenvalue weighted by Gasteiger charge is -2.10. The number of carbonyl (C=O) groups is 2. The molecule has 13 heteroatoms. The van der Waals surface area contributed by atoms with Crippen molar-refractivity contribution in [3.05, 3.63) is 32.9 Å². The van der Waals surface area contributed by atoms with Crippen molar-refractivity contribution in [2.24, 2.45) is 0 Å². The summed E-state index contributed by atoms with van der Waals surface area (Å²) in [5, 5.41) is 0. The number of halogens is 3. The van der Waals surface area contributed by atoms with Crippen molar-refractivity contribution in [3.8, 4) is 11.8 Å². The first-order valence-corrected chi connectivity index (χ1v) is 17.1. The van der Waals surface area contributed by atoms with E-state index in [2.05, 4.69) is 47.2 Å². The summed E-state index contributed by atoms with van der Waals surface area (Å²) in [4.78, 5) is 31.0. The third kappa shape index (κ3) is 11.1. The second-order valence-corrected chi connectivity index (χ2v) is 6.77. The van der Waals surface area contributed by atoms with Crippen LogP contribution < -0.4 is 20.9 Å². The first-order chi connectivity index (χ1) is 15.8. The van der Waals surface area contributed by atoms with Crippen LogP contribution in [0.2, 0.25) is 0 Å². The van der Waals surface area contributed by atoms with E-state index < -0.39 is 11.9 Å². The van der Waals surface area contributed by atoms with E-state index in [9.17, 15) is 9.59 Å². The lowest BCUT2D eigenvalue weighted by atomic mass is 10.2. The van der Waals surface area contributed by atoms with Gasteiger partial charge in [0.05, 0.1) is 30.0 Å². The number of aromatic nitrogens is 2. The maximum absolute atomic E-state index is 11.6. The minimum Gasteiger partial charge on any atom is -0.477 e. The Balaban J connectivity index is 0.000000578. The first-order valence-electron chi connectivity index (χ1n) is 9.75. The molecule has 0 saturated carbocycles. The van der Waals surface area contributed by atoms with Crippen molar-refractivity contribution < 1.29 is 28.5 Å². The van der Waals surface area contributed by atoms with Gasteiger partial charge in [-0.3, -0.25) is 0 Å². The van der Waals surface area contributed by atoms with Crippen LogP contribution in [-0.2, 0) is 9.47 Å². The van der Waals surface area contributed by atoms with E-state index in [0.717, 1.165) is 0 Å². The van der Waals surface area contributed by atoms with E-state index in [1.54, 1.807) is 32.9 Å². The number of anilines is 2. The van der Waals surface area contributed by atoms with Gasteiger partial charge in [-0.05, 0) is 68.5 Å². The van der Waals surface area contributed by atoms with E-state index in [4.69, 9.17) is 30.4 Å². The molecule has 0 unspecified atom stereocenters. The largest absolute Gasteiger partial charge is 0.477 e. The average Bonchev–Trinajstić information content (AvgIpc) is 2.79. The fourth-order valence-electron chi connectivity index (χ4n) is 2.15. The molecule has 0 spiro atoms. The van der Waals surface area contributed by atoms with E-state index in [0.29, 0.717) is 52.8 Å². The molecule has 184 valence electrons. The van der Waals surface area contributed by atoms with Gasteiger partial charge in [0, 0.05) is 37.2 Å². The van der Waals surface area contributed by atoms with Crippen LogP contribution in [0.15, 0.2) is 18.2 Å². The van der Waals surface area contributed by atoms with Gasteiger partial charge < -0.3 is 30.4 Å². The standard InChI is InChI=1S/C10H13IN2O3.C10H14N2O3.I2/c1-3-15-9-6(10(14)16-4-2)5-7(11)8(12)13-9;1-3-14-9-7(10(13)15-4-2)5-6-8(11)12-9;1-2/h5H,3-4H2,1-2H3,(H2,12,13);5-6H,3-4H2,1-2H3,(H2,11,12);. The molecule has 0 fully saturated rings. The van der Waals surface area contributed by atoms with Crippen LogP contribution in [0.1, 0.15) is 48.4 Å². The monoisotopic (exact) mass is 800 g/mol. The summed E-state index contributed by atoms with van der Waals surface area (Å²) >= 11 is 6.25. The van der Waals surface area contributed by atoms with Gasteiger partial charge in [0.1, 0.15) is 22.8 Å². The zero-order chi connectivity index (χ0) is 25.4. The molecule has 33 heavy (non-hydrogen) atoms. The maximum Gasteiger partial charge on any atom is 0.343 e. The molecule has 0 aliphatic carbocycles. The number of nitrogens with zero attached hydrogens (tertiary/aromatic N) is 2. The highest BCUT2D eigenvalue weighted by Crippen LogP contribution is 2.23. The van der Waals surface area contributed by atoms with Crippen LogP contribution in [0, 0.1) is 3.57 Å². The summed E-state index contributed by atoms with van der Waals surface area (Å²) in [5.74, 6) is 0.197. The molecule has 0 radical (unpaired) electrons. The molecule has 4 N–H and O–H groups in total. The van der Waals surface area contributed by atoms with Crippen LogP contribution in [-0.4, -0.2) is 48.3 Å². The van der Waals surface area contributed by atoms with Crippen LogP contribution in [0.3, 0.4) is 0 Å². The number of pyridine rings is 2. The van der Waals surface area contributed by atoms with Crippen molar-refractivity contribution in [1.29, 1.82) is 0 Å². The third-order valence-electron chi connectivity index (χ3n) is 3.40. The molecule has 2 aromatic rings.